The highest BCUT2D eigenvalue weighted by atomic mass is 16.5. The SMILES string of the molecule is CCCC(=O)NC1CCN(C(=O)C2(C)COCC2N)CC1. The Morgan fingerprint density at radius 1 is 1.38 bits per heavy atom. The topological polar surface area (TPSA) is 84.7 Å². The molecule has 2 aliphatic rings. The van der Waals surface area contributed by atoms with Gasteiger partial charge in [-0.05, 0) is 26.2 Å². The van der Waals surface area contributed by atoms with Crippen LogP contribution in [0.2, 0.25) is 0 Å². The molecule has 120 valence electrons. The third-order valence-electron chi connectivity index (χ3n) is 4.63. The maximum atomic E-state index is 12.6. The van der Waals surface area contributed by atoms with Crippen molar-refractivity contribution in [3.63, 3.8) is 0 Å². The highest BCUT2D eigenvalue weighted by molar-refractivity contribution is 5.84. The van der Waals surface area contributed by atoms with Gasteiger partial charge in [-0.25, -0.2) is 0 Å². The number of amides is 2. The molecule has 0 spiro atoms. The van der Waals surface area contributed by atoms with Crippen molar-refractivity contribution in [1.82, 2.24) is 10.2 Å². The predicted octanol–water partition coefficient (Wildman–Crippen LogP) is 0.258. The first-order chi connectivity index (χ1) is 9.97. The van der Waals surface area contributed by atoms with Crippen LogP contribution in [-0.4, -0.2) is 55.1 Å². The number of rotatable bonds is 4. The molecule has 0 saturated carbocycles. The number of likely N-dealkylation sites (tertiary alicyclic amines) is 1. The molecule has 2 rings (SSSR count). The zero-order chi connectivity index (χ0) is 15.5. The van der Waals surface area contributed by atoms with Crippen molar-refractivity contribution in [3.8, 4) is 0 Å². The smallest absolute Gasteiger partial charge is 0.232 e. The van der Waals surface area contributed by atoms with Crippen LogP contribution in [-0.2, 0) is 14.3 Å². The zero-order valence-electron chi connectivity index (χ0n) is 13.1. The molecule has 2 heterocycles. The van der Waals surface area contributed by atoms with Crippen LogP contribution in [0.1, 0.15) is 39.5 Å². The van der Waals surface area contributed by atoms with Crippen LogP contribution in [0, 0.1) is 5.41 Å². The van der Waals surface area contributed by atoms with Gasteiger partial charge in [0.1, 0.15) is 0 Å². The first-order valence-corrected chi connectivity index (χ1v) is 7.89. The zero-order valence-corrected chi connectivity index (χ0v) is 13.1. The fourth-order valence-corrected chi connectivity index (χ4v) is 3.02. The second-order valence-corrected chi connectivity index (χ2v) is 6.42. The van der Waals surface area contributed by atoms with Crippen LogP contribution in [0.15, 0.2) is 0 Å². The molecule has 0 aromatic rings. The molecule has 0 radical (unpaired) electrons. The van der Waals surface area contributed by atoms with E-state index in [1.807, 2.05) is 18.7 Å². The van der Waals surface area contributed by atoms with E-state index in [1.165, 1.54) is 0 Å². The first kappa shape index (κ1) is 16.2. The van der Waals surface area contributed by atoms with Gasteiger partial charge in [-0.3, -0.25) is 9.59 Å². The van der Waals surface area contributed by atoms with Crippen LogP contribution < -0.4 is 11.1 Å². The van der Waals surface area contributed by atoms with E-state index in [9.17, 15) is 9.59 Å². The highest BCUT2D eigenvalue weighted by Gasteiger charge is 2.46. The van der Waals surface area contributed by atoms with E-state index in [-0.39, 0.29) is 23.9 Å². The number of ether oxygens (including phenoxy) is 1. The number of piperidine rings is 1. The molecule has 3 N–H and O–H groups in total. The predicted molar refractivity (Wildman–Crippen MR) is 79.6 cm³/mol. The molecule has 2 amide bonds. The van der Waals surface area contributed by atoms with Crippen molar-refractivity contribution in [2.45, 2.75) is 51.6 Å². The Morgan fingerprint density at radius 3 is 2.57 bits per heavy atom. The monoisotopic (exact) mass is 297 g/mol. The molecular weight excluding hydrogens is 270 g/mol. The molecule has 2 unspecified atom stereocenters. The summed E-state index contributed by atoms with van der Waals surface area (Å²) in [5.41, 5.74) is 5.42. The number of nitrogens with zero attached hydrogens (tertiary/aromatic N) is 1. The average molecular weight is 297 g/mol. The molecule has 2 fully saturated rings. The minimum absolute atomic E-state index is 0.0887. The van der Waals surface area contributed by atoms with Crippen LogP contribution in [0.5, 0.6) is 0 Å². The lowest BCUT2D eigenvalue weighted by molar-refractivity contribution is -0.143. The van der Waals surface area contributed by atoms with Gasteiger partial charge in [-0.1, -0.05) is 6.92 Å². The van der Waals surface area contributed by atoms with E-state index in [2.05, 4.69) is 5.32 Å². The minimum atomic E-state index is -0.599. The van der Waals surface area contributed by atoms with Crippen LogP contribution in [0.3, 0.4) is 0 Å². The maximum absolute atomic E-state index is 12.6. The van der Waals surface area contributed by atoms with Crippen LogP contribution in [0.25, 0.3) is 0 Å². The summed E-state index contributed by atoms with van der Waals surface area (Å²) in [6.07, 6.45) is 3.06. The van der Waals surface area contributed by atoms with Crippen molar-refractivity contribution >= 4 is 11.8 Å². The summed E-state index contributed by atoms with van der Waals surface area (Å²) < 4.78 is 5.36. The Labute approximate surface area is 126 Å². The van der Waals surface area contributed by atoms with Crippen molar-refractivity contribution < 1.29 is 14.3 Å². The quantitative estimate of drug-likeness (QED) is 0.779. The molecule has 21 heavy (non-hydrogen) atoms. The lowest BCUT2D eigenvalue weighted by Crippen LogP contribution is -2.55. The standard InChI is InChI=1S/C15H27N3O3/c1-3-4-13(19)17-11-5-7-18(8-6-11)14(20)15(2)10-21-9-12(15)16/h11-12H,3-10,16H2,1-2H3,(H,17,19). The molecule has 6 heteroatoms. The lowest BCUT2D eigenvalue weighted by Gasteiger charge is -2.37. The summed E-state index contributed by atoms with van der Waals surface area (Å²) in [5.74, 6) is 0.200. The summed E-state index contributed by atoms with van der Waals surface area (Å²) in [5, 5.41) is 3.04. The van der Waals surface area contributed by atoms with Crippen LogP contribution >= 0.6 is 0 Å². The average Bonchev–Trinajstić information content (AvgIpc) is 2.80. The molecule has 0 bridgehead atoms. The summed E-state index contributed by atoms with van der Waals surface area (Å²) in [6, 6.07) is -0.0404. The van der Waals surface area contributed by atoms with Gasteiger partial charge in [0.2, 0.25) is 11.8 Å². The first-order valence-electron chi connectivity index (χ1n) is 7.89. The lowest BCUT2D eigenvalue weighted by atomic mass is 9.83. The molecular formula is C15H27N3O3. The van der Waals surface area contributed by atoms with Crippen molar-refractivity contribution in [3.05, 3.63) is 0 Å². The van der Waals surface area contributed by atoms with Gasteiger partial charge in [-0.2, -0.15) is 0 Å². The Hall–Kier alpha value is -1.14. The summed E-state index contributed by atoms with van der Waals surface area (Å²) in [4.78, 5) is 26.1. The van der Waals surface area contributed by atoms with Crippen molar-refractivity contribution in [2.75, 3.05) is 26.3 Å². The fourth-order valence-electron chi connectivity index (χ4n) is 3.02. The Morgan fingerprint density at radius 2 is 2.05 bits per heavy atom. The third-order valence-corrected chi connectivity index (χ3v) is 4.63. The second-order valence-electron chi connectivity index (χ2n) is 6.42. The van der Waals surface area contributed by atoms with E-state index < -0.39 is 5.41 Å². The maximum Gasteiger partial charge on any atom is 0.232 e. The Kier molecular flexibility index (Phi) is 5.22. The molecule has 2 aliphatic heterocycles. The van der Waals surface area contributed by atoms with Gasteiger partial charge in [0, 0.05) is 31.6 Å². The van der Waals surface area contributed by atoms with Gasteiger partial charge in [-0.15, -0.1) is 0 Å². The molecule has 2 saturated heterocycles. The van der Waals surface area contributed by atoms with E-state index >= 15 is 0 Å². The largest absolute Gasteiger partial charge is 0.379 e. The molecule has 6 nitrogen and oxygen atoms in total. The molecule has 0 aromatic carbocycles. The van der Waals surface area contributed by atoms with Crippen molar-refractivity contribution in [2.24, 2.45) is 11.1 Å². The number of nitrogens with one attached hydrogen (secondary N) is 1. The van der Waals surface area contributed by atoms with E-state index in [0.29, 0.717) is 32.7 Å². The second kappa shape index (κ2) is 6.75. The summed E-state index contributed by atoms with van der Waals surface area (Å²) >= 11 is 0. The summed E-state index contributed by atoms with van der Waals surface area (Å²) in [7, 11) is 0. The fraction of sp³-hybridized carbons (Fsp3) is 0.867. The van der Waals surface area contributed by atoms with Gasteiger partial charge in [0.05, 0.1) is 18.6 Å². The van der Waals surface area contributed by atoms with Gasteiger partial charge >= 0.3 is 0 Å². The molecule has 0 aromatic heterocycles. The number of carbonyl (C=O) groups excluding carboxylic acids is 2. The van der Waals surface area contributed by atoms with Gasteiger partial charge in [0.15, 0.2) is 0 Å². The van der Waals surface area contributed by atoms with Gasteiger partial charge < -0.3 is 20.7 Å². The minimum Gasteiger partial charge on any atom is -0.379 e. The highest BCUT2D eigenvalue weighted by Crippen LogP contribution is 2.30. The summed E-state index contributed by atoms with van der Waals surface area (Å²) in [6.45, 7) is 6.10. The Bertz CT molecular complexity index is 394. The van der Waals surface area contributed by atoms with E-state index in [0.717, 1.165) is 19.3 Å². The number of nitrogens with two attached hydrogens (primary N) is 1. The van der Waals surface area contributed by atoms with E-state index in [1.54, 1.807) is 0 Å². The molecule has 2 atom stereocenters. The third kappa shape index (κ3) is 3.55. The number of hydrogen-bond donors (Lipinski definition) is 2. The Balaban J connectivity index is 1.83. The normalized spacial score (nSPS) is 30.4. The van der Waals surface area contributed by atoms with Crippen LogP contribution in [0.4, 0.5) is 0 Å². The van der Waals surface area contributed by atoms with E-state index in [4.69, 9.17) is 10.5 Å². The van der Waals surface area contributed by atoms with Gasteiger partial charge in [0.25, 0.3) is 0 Å². The number of carbonyl (C=O) groups is 2. The van der Waals surface area contributed by atoms with Crippen molar-refractivity contribution in [1.29, 1.82) is 0 Å². The molecule has 0 aliphatic carbocycles. The number of hydrogen-bond acceptors (Lipinski definition) is 4.